The molecule has 0 aliphatic rings. The Labute approximate surface area is 140 Å². The van der Waals surface area contributed by atoms with E-state index >= 15 is 0 Å². The maximum atomic E-state index is 12.6. The van der Waals surface area contributed by atoms with Crippen LogP contribution in [0.3, 0.4) is 0 Å². The third kappa shape index (κ3) is 4.14. The van der Waals surface area contributed by atoms with Crippen molar-refractivity contribution in [2.24, 2.45) is 0 Å². The normalized spacial score (nSPS) is 11.1. The van der Waals surface area contributed by atoms with Crippen LogP contribution in [0.5, 0.6) is 5.75 Å². The number of ether oxygens (including phenoxy) is 1. The molecule has 1 N–H and O–H groups in total. The quantitative estimate of drug-likeness (QED) is 0.780. The van der Waals surface area contributed by atoms with Gasteiger partial charge in [0.1, 0.15) is 17.5 Å². The third-order valence-electron chi connectivity index (χ3n) is 3.38. The Morgan fingerprint density at radius 2 is 1.84 bits per heavy atom. The van der Waals surface area contributed by atoms with Crippen LogP contribution >= 0.6 is 0 Å². The topological polar surface area (TPSA) is 74.6 Å². The summed E-state index contributed by atoms with van der Waals surface area (Å²) in [5.74, 6) is -0.372. The third-order valence-corrected chi connectivity index (χ3v) is 3.38. The van der Waals surface area contributed by atoms with Gasteiger partial charge in [0, 0.05) is 5.56 Å². The summed E-state index contributed by atoms with van der Waals surface area (Å²) >= 11 is 0. The number of nitrogens with zero attached hydrogens (tertiary/aromatic N) is 3. The van der Waals surface area contributed by atoms with Gasteiger partial charge >= 0.3 is 6.36 Å². The van der Waals surface area contributed by atoms with Gasteiger partial charge in [-0.3, -0.25) is 0 Å². The highest BCUT2D eigenvalue weighted by atomic mass is 19.4. The van der Waals surface area contributed by atoms with Crippen LogP contribution < -0.4 is 4.74 Å². The summed E-state index contributed by atoms with van der Waals surface area (Å²) in [6.07, 6.45) is -4.41. The number of nitriles is 1. The number of aromatic amines is 1. The van der Waals surface area contributed by atoms with Crippen LogP contribution in [-0.4, -0.2) is 21.8 Å². The first-order valence-electron chi connectivity index (χ1n) is 7.20. The van der Waals surface area contributed by atoms with Crippen molar-refractivity contribution in [2.45, 2.75) is 12.8 Å². The van der Waals surface area contributed by atoms with Crippen molar-refractivity contribution in [3.8, 4) is 23.1 Å². The van der Waals surface area contributed by atoms with Gasteiger partial charge in [0.25, 0.3) is 0 Å². The number of alkyl halides is 3. The van der Waals surface area contributed by atoms with Crippen LogP contribution in [-0.2, 0) is 6.42 Å². The molecule has 126 valence electrons. The van der Waals surface area contributed by atoms with Crippen LogP contribution in [0.25, 0.3) is 11.3 Å². The molecule has 0 amide bonds. The van der Waals surface area contributed by atoms with Gasteiger partial charge in [-0.15, -0.1) is 18.3 Å². The van der Waals surface area contributed by atoms with Gasteiger partial charge in [-0.2, -0.15) is 5.26 Å². The van der Waals surface area contributed by atoms with Crippen molar-refractivity contribution in [1.29, 1.82) is 5.26 Å². The summed E-state index contributed by atoms with van der Waals surface area (Å²) in [6.45, 7) is 0. The van der Waals surface area contributed by atoms with Gasteiger partial charge in [-0.05, 0) is 35.7 Å². The Kier molecular flexibility index (Phi) is 4.39. The molecular formula is C17H11F3N4O. The van der Waals surface area contributed by atoms with E-state index in [1.807, 2.05) is 36.4 Å². The monoisotopic (exact) mass is 344 g/mol. The predicted molar refractivity (Wildman–Crippen MR) is 82.5 cm³/mol. The smallest absolute Gasteiger partial charge is 0.406 e. The molecule has 3 rings (SSSR count). The largest absolute Gasteiger partial charge is 0.573 e. The standard InChI is InChI=1S/C17H11F3N4O/c18-17(19,20)25-14-8-12(6-11-4-2-1-3-5-11)7-13(9-14)16-15(10-21)22-24-23-16/h1-5,7-9H,6H2,(H,22,23,24). The van der Waals surface area contributed by atoms with E-state index < -0.39 is 6.36 Å². The fourth-order valence-electron chi connectivity index (χ4n) is 2.43. The van der Waals surface area contributed by atoms with Crippen molar-refractivity contribution >= 4 is 0 Å². The molecule has 25 heavy (non-hydrogen) atoms. The number of hydrogen-bond acceptors (Lipinski definition) is 4. The average molecular weight is 344 g/mol. The minimum Gasteiger partial charge on any atom is -0.406 e. The number of nitrogens with one attached hydrogen (secondary N) is 1. The van der Waals surface area contributed by atoms with E-state index in [1.165, 1.54) is 12.1 Å². The second-order valence-corrected chi connectivity index (χ2v) is 5.22. The van der Waals surface area contributed by atoms with Gasteiger partial charge in [-0.1, -0.05) is 35.5 Å². The zero-order valence-corrected chi connectivity index (χ0v) is 12.7. The van der Waals surface area contributed by atoms with Gasteiger partial charge in [0.15, 0.2) is 5.69 Å². The van der Waals surface area contributed by atoms with E-state index in [0.29, 0.717) is 17.5 Å². The first-order valence-corrected chi connectivity index (χ1v) is 7.20. The summed E-state index contributed by atoms with van der Waals surface area (Å²) in [6, 6.07) is 15.3. The summed E-state index contributed by atoms with van der Waals surface area (Å²) in [5, 5.41) is 18.8. The van der Waals surface area contributed by atoms with E-state index in [1.54, 1.807) is 6.07 Å². The molecule has 2 aromatic carbocycles. The number of benzene rings is 2. The molecule has 0 spiro atoms. The molecular weight excluding hydrogens is 333 g/mol. The fraction of sp³-hybridized carbons (Fsp3) is 0.118. The van der Waals surface area contributed by atoms with Crippen molar-refractivity contribution in [1.82, 2.24) is 15.4 Å². The Bertz CT molecular complexity index is 914. The molecule has 0 saturated carbocycles. The zero-order valence-electron chi connectivity index (χ0n) is 12.7. The lowest BCUT2D eigenvalue weighted by molar-refractivity contribution is -0.274. The first-order chi connectivity index (χ1) is 11.9. The molecule has 0 fully saturated rings. The summed E-state index contributed by atoms with van der Waals surface area (Å²) in [5.41, 5.74) is 2.07. The second-order valence-electron chi connectivity index (χ2n) is 5.22. The second kappa shape index (κ2) is 6.65. The van der Waals surface area contributed by atoms with E-state index in [2.05, 4.69) is 20.1 Å². The zero-order chi connectivity index (χ0) is 17.9. The predicted octanol–water partition coefficient (Wildman–Crippen LogP) is 3.83. The lowest BCUT2D eigenvalue weighted by Crippen LogP contribution is -2.17. The van der Waals surface area contributed by atoms with Gasteiger partial charge in [0.2, 0.25) is 0 Å². The van der Waals surface area contributed by atoms with Crippen LogP contribution in [0.1, 0.15) is 16.8 Å². The highest BCUT2D eigenvalue weighted by molar-refractivity contribution is 5.67. The molecule has 0 unspecified atom stereocenters. The molecule has 0 aliphatic heterocycles. The number of halogens is 3. The molecule has 0 bridgehead atoms. The van der Waals surface area contributed by atoms with E-state index in [4.69, 9.17) is 5.26 Å². The van der Waals surface area contributed by atoms with Crippen molar-refractivity contribution in [2.75, 3.05) is 0 Å². The van der Waals surface area contributed by atoms with Crippen LogP contribution in [0, 0.1) is 11.3 Å². The summed E-state index contributed by atoms with van der Waals surface area (Å²) < 4.78 is 41.9. The molecule has 3 aromatic rings. The number of rotatable bonds is 4. The average Bonchev–Trinajstić information content (AvgIpc) is 3.02. The van der Waals surface area contributed by atoms with Crippen LogP contribution in [0.2, 0.25) is 0 Å². The van der Waals surface area contributed by atoms with E-state index in [9.17, 15) is 13.2 Å². The van der Waals surface area contributed by atoms with Crippen molar-refractivity contribution in [3.05, 3.63) is 65.4 Å². The molecule has 0 saturated heterocycles. The molecule has 1 aromatic heterocycles. The Morgan fingerprint density at radius 1 is 1.08 bits per heavy atom. The van der Waals surface area contributed by atoms with Gasteiger partial charge < -0.3 is 4.74 Å². The molecule has 0 radical (unpaired) electrons. The summed E-state index contributed by atoms with van der Waals surface area (Å²) in [4.78, 5) is 0. The van der Waals surface area contributed by atoms with E-state index in [-0.39, 0.29) is 17.1 Å². The molecule has 8 heteroatoms. The van der Waals surface area contributed by atoms with Crippen molar-refractivity contribution in [3.63, 3.8) is 0 Å². The highest BCUT2D eigenvalue weighted by Crippen LogP contribution is 2.30. The number of aromatic nitrogens is 3. The highest BCUT2D eigenvalue weighted by Gasteiger charge is 2.31. The lowest BCUT2D eigenvalue weighted by Gasteiger charge is -2.12. The maximum Gasteiger partial charge on any atom is 0.573 e. The van der Waals surface area contributed by atoms with Gasteiger partial charge in [0.05, 0.1) is 0 Å². The number of H-pyrrole nitrogens is 1. The molecule has 1 heterocycles. The lowest BCUT2D eigenvalue weighted by atomic mass is 10.0. The first kappa shape index (κ1) is 16.5. The van der Waals surface area contributed by atoms with Crippen LogP contribution in [0.4, 0.5) is 13.2 Å². The molecule has 0 atom stereocenters. The number of hydrogen-bond donors (Lipinski definition) is 1. The maximum absolute atomic E-state index is 12.6. The fourth-order valence-corrected chi connectivity index (χ4v) is 2.43. The van der Waals surface area contributed by atoms with E-state index in [0.717, 1.165) is 5.56 Å². The molecule has 0 aliphatic carbocycles. The molecule has 5 nitrogen and oxygen atoms in total. The minimum absolute atomic E-state index is 0.0646. The Morgan fingerprint density at radius 3 is 2.52 bits per heavy atom. The minimum atomic E-state index is -4.81. The van der Waals surface area contributed by atoms with Crippen molar-refractivity contribution < 1.29 is 17.9 Å². The Hall–Kier alpha value is -3.34. The van der Waals surface area contributed by atoms with Gasteiger partial charge in [-0.25, -0.2) is 5.10 Å². The summed E-state index contributed by atoms with van der Waals surface area (Å²) in [7, 11) is 0. The SMILES string of the molecule is N#Cc1[nH]nnc1-c1cc(Cc2ccccc2)cc(OC(F)(F)F)c1. The Balaban J connectivity index is 2.04. The van der Waals surface area contributed by atoms with Crippen LogP contribution in [0.15, 0.2) is 48.5 Å².